The van der Waals surface area contributed by atoms with Crippen molar-refractivity contribution in [1.29, 1.82) is 0 Å². The lowest BCUT2D eigenvalue weighted by Crippen LogP contribution is -2.28. The van der Waals surface area contributed by atoms with Gasteiger partial charge in [0.05, 0.1) is 6.20 Å². The number of fused-ring (bicyclic) bond motifs is 1. The second kappa shape index (κ2) is 5.23. The van der Waals surface area contributed by atoms with E-state index in [4.69, 9.17) is 15.2 Å². The number of nitrogens with zero attached hydrogens (tertiary/aromatic N) is 2. The van der Waals surface area contributed by atoms with Crippen molar-refractivity contribution < 1.29 is 14.3 Å². The van der Waals surface area contributed by atoms with Crippen LogP contribution in [0.2, 0.25) is 0 Å². The minimum Gasteiger partial charge on any atom is -0.454 e. The maximum Gasteiger partial charge on any atom is 0.319 e. The molecule has 0 bridgehead atoms. The highest BCUT2D eigenvalue weighted by atomic mass is 16.7. The fourth-order valence-electron chi connectivity index (χ4n) is 1.95. The van der Waals surface area contributed by atoms with Gasteiger partial charge in [-0.1, -0.05) is 0 Å². The van der Waals surface area contributed by atoms with E-state index in [0.717, 1.165) is 5.56 Å². The number of nitrogens with two attached hydrogens (primary N) is 1. The monoisotopic (exact) mass is 289 g/mol. The minimum absolute atomic E-state index is 0.200. The molecule has 4 N–H and O–H groups in total. The molecule has 1 aliphatic heterocycles. The highest BCUT2D eigenvalue weighted by molar-refractivity contribution is 5.89. The van der Waals surface area contributed by atoms with Crippen molar-refractivity contribution in [2.45, 2.75) is 6.54 Å². The minimum atomic E-state index is -0.336. The predicted molar refractivity (Wildman–Crippen MR) is 76.0 cm³/mol. The Kier molecular flexibility index (Phi) is 3.27. The topological polar surface area (TPSA) is 103 Å². The normalized spacial score (nSPS) is 12.2. The molecule has 0 radical (unpaired) electrons. The van der Waals surface area contributed by atoms with E-state index in [-0.39, 0.29) is 12.8 Å². The van der Waals surface area contributed by atoms with Gasteiger partial charge < -0.3 is 25.8 Å². The zero-order chi connectivity index (χ0) is 14.8. The third kappa shape index (κ3) is 2.69. The number of aryl methyl sites for hydroxylation is 1. The van der Waals surface area contributed by atoms with Gasteiger partial charge in [0.15, 0.2) is 11.5 Å². The number of ether oxygens (including phenoxy) is 2. The first-order valence-electron chi connectivity index (χ1n) is 6.34. The molecule has 8 heteroatoms. The molecule has 0 spiro atoms. The molecule has 1 aromatic carbocycles. The van der Waals surface area contributed by atoms with E-state index >= 15 is 0 Å². The van der Waals surface area contributed by atoms with Crippen LogP contribution < -0.4 is 25.8 Å². The molecular weight excluding hydrogens is 274 g/mol. The Hall–Kier alpha value is -2.90. The van der Waals surface area contributed by atoms with Crippen LogP contribution in [0.1, 0.15) is 5.56 Å². The van der Waals surface area contributed by atoms with Gasteiger partial charge in [0.2, 0.25) is 6.79 Å². The van der Waals surface area contributed by atoms with Gasteiger partial charge in [0.25, 0.3) is 0 Å². The standard InChI is InChI=1S/C13H15N5O3/c1-18-12(14)8(6-16-18)5-15-13(19)17-9-2-3-10-11(4-9)21-7-20-10/h2-4,6H,5,7,14H2,1H3,(H2,15,17,19). The highest BCUT2D eigenvalue weighted by Crippen LogP contribution is 2.34. The number of anilines is 2. The van der Waals surface area contributed by atoms with Crippen LogP contribution >= 0.6 is 0 Å². The summed E-state index contributed by atoms with van der Waals surface area (Å²) >= 11 is 0. The van der Waals surface area contributed by atoms with Crippen molar-refractivity contribution in [1.82, 2.24) is 15.1 Å². The van der Waals surface area contributed by atoms with Gasteiger partial charge in [-0.05, 0) is 12.1 Å². The molecule has 21 heavy (non-hydrogen) atoms. The summed E-state index contributed by atoms with van der Waals surface area (Å²) in [6, 6.07) is 4.86. The molecule has 0 unspecified atom stereocenters. The SMILES string of the molecule is Cn1ncc(CNC(=O)Nc2ccc3c(c2)OCO3)c1N. The largest absolute Gasteiger partial charge is 0.454 e. The first-order valence-corrected chi connectivity index (χ1v) is 6.34. The number of carbonyl (C=O) groups excluding carboxylic acids is 1. The van der Waals surface area contributed by atoms with Crippen LogP contribution in [-0.2, 0) is 13.6 Å². The number of rotatable bonds is 3. The van der Waals surface area contributed by atoms with Crippen molar-refractivity contribution in [3.8, 4) is 11.5 Å². The van der Waals surface area contributed by atoms with Crippen LogP contribution in [0.3, 0.4) is 0 Å². The van der Waals surface area contributed by atoms with E-state index in [9.17, 15) is 4.79 Å². The van der Waals surface area contributed by atoms with E-state index in [1.54, 1.807) is 36.1 Å². The number of aromatic nitrogens is 2. The number of hydrogen-bond acceptors (Lipinski definition) is 5. The van der Waals surface area contributed by atoms with Gasteiger partial charge in [-0.15, -0.1) is 0 Å². The Morgan fingerprint density at radius 2 is 2.24 bits per heavy atom. The smallest absolute Gasteiger partial charge is 0.319 e. The summed E-state index contributed by atoms with van der Waals surface area (Å²) in [4.78, 5) is 11.8. The molecule has 0 saturated carbocycles. The van der Waals surface area contributed by atoms with Crippen LogP contribution in [0, 0.1) is 0 Å². The van der Waals surface area contributed by atoms with E-state index in [2.05, 4.69) is 15.7 Å². The zero-order valence-electron chi connectivity index (χ0n) is 11.4. The number of nitrogens with one attached hydrogen (secondary N) is 2. The number of nitrogen functional groups attached to an aromatic ring is 1. The third-order valence-corrected chi connectivity index (χ3v) is 3.13. The van der Waals surface area contributed by atoms with E-state index in [1.807, 2.05) is 0 Å². The summed E-state index contributed by atoms with van der Waals surface area (Å²) < 4.78 is 12.0. The molecule has 2 aromatic rings. The number of benzene rings is 1. The summed E-state index contributed by atoms with van der Waals surface area (Å²) in [5.41, 5.74) is 7.18. The van der Waals surface area contributed by atoms with Crippen molar-refractivity contribution in [3.05, 3.63) is 30.0 Å². The Morgan fingerprint density at radius 1 is 1.43 bits per heavy atom. The van der Waals surface area contributed by atoms with E-state index in [1.165, 1.54) is 0 Å². The summed E-state index contributed by atoms with van der Waals surface area (Å²) in [6.07, 6.45) is 1.62. The molecule has 8 nitrogen and oxygen atoms in total. The lowest BCUT2D eigenvalue weighted by Gasteiger charge is -2.08. The maximum atomic E-state index is 11.8. The summed E-state index contributed by atoms with van der Waals surface area (Å²) in [6.45, 7) is 0.501. The fourth-order valence-corrected chi connectivity index (χ4v) is 1.95. The molecule has 110 valence electrons. The van der Waals surface area contributed by atoms with Crippen LogP contribution in [0.15, 0.2) is 24.4 Å². The number of urea groups is 1. The summed E-state index contributed by atoms with van der Waals surface area (Å²) in [7, 11) is 1.74. The molecular formula is C13H15N5O3. The number of amides is 2. The molecule has 0 aliphatic carbocycles. The van der Waals surface area contributed by atoms with E-state index in [0.29, 0.717) is 29.5 Å². The molecule has 1 aliphatic rings. The summed E-state index contributed by atoms with van der Waals surface area (Å²) in [5, 5.41) is 9.44. The molecule has 0 saturated heterocycles. The Balaban J connectivity index is 1.58. The van der Waals surface area contributed by atoms with Crippen LogP contribution in [-0.4, -0.2) is 22.6 Å². The molecule has 0 atom stereocenters. The Labute approximate surface area is 120 Å². The number of hydrogen-bond donors (Lipinski definition) is 3. The summed E-state index contributed by atoms with van der Waals surface area (Å²) in [5.74, 6) is 1.81. The van der Waals surface area contributed by atoms with Crippen molar-refractivity contribution in [3.63, 3.8) is 0 Å². The second-order valence-electron chi connectivity index (χ2n) is 4.55. The average molecular weight is 289 g/mol. The Morgan fingerprint density at radius 3 is 3.00 bits per heavy atom. The molecule has 0 fully saturated rings. The number of carbonyl (C=O) groups is 1. The fraction of sp³-hybridized carbons (Fsp3) is 0.231. The van der Waals surface area contributed by atoms with Crippen LogP contribution in [0.5, 0.6) is 11.5 Å². The lowest BCUT2D eigenvalue weighted by molar-refractivity contribution is 0.174. The maximum absolute atomic E-state index is 11.8. The van der Waals surface area contributed by atoms with Gasteiger partial charge in [-0.2, -0.15) is 5.10 Å². The van der Waals surface area contributed by atoms with Crippen molar-refractivity contribution in [2.75, 3.05) is 17.8 Å². The third-order valence-electron chi connectivity index (χ3n) is 3.13. The first kappa shape index (κ1) is 13.1. The molecule has 3 rings (SSSR count). The predicted octanol–water partition coefficient (Wildman–Crippen LogP) is 1.05. The Bertz CT molecular complexity index is 682. The van der Waals surface area contributed by atoms with Gasteiger partial charge in [0, 0.05) is 30.9 Å². The highest BCUT2D eigenvalue weighted by Gasteiger charge is 2.14. The van der Waals surface area contributed by atoms with Gasteiger partial charge in [-0.25, -0.2) is 4.79 Å². The van der Waals surface area contributed by atoms with Gasteiger partial charge in [0.1, 0.15) is 5.82 Å². The molecule has 1 aromatic heterocycles. The van der Waals surface area contributed by atoms with Crippen molar-refractivity contribution in [2.24, 2.45) is 7.05 Å². The quantitative estimate of drug-likeness (QED) is 0.783. The molecule has 2 amide bonds. The zero-order valence-corrected chi connectivity index (χ0v) is 11.4. The second-order valence-corrected chi connectivity index (χ2v) is 4.55. The lowest BCUT2D eigenvalue weighted by atomic mass is 10.3. The first-order chi connectivity index (χ1) is 10.1. The van der Waals surface area contributed by atoms with Crippen LogP contribution in [0.25, 0.3) is 0 Å². The van der Waals surface area contributed by atoms with Gasteiger partial charge in [-0.3, -0.25) is 4.68 Å². The van der Waals surface area contributed by atoms with E-state index < -0.39 is 0 Å². The van der Waals surface area contributed by atoms with Crippen molar-refractivity contribution >= 4 is 17.5 Å². The van der Waals surface area contributed by atoms with Gasteiger partial charge >= 0.3 is 6.03 Å². The average Bonchev–Trinajstić information content (AvgIpc) is 3.05. The van der Waals surface area contributed by atoms with Crippen LogP contribution in [0.4, 0.5) is 16.3 Å². The molecule has 2 heterocycles.